The second kappa shape index (κ2) is 5.77. The molecule has 0 unspecified atom stereocenters. The van der Waals surface area contributed by atoms with Gasteiger partial charge in [-0.15, -0.1) is 0 Å². The Morgan fingerprint density at radius 2 is 1.92 bits per heavy atom. The molecule has 0 aliphatic carbocycles. The number of hydrogen-bond donors (Lipinski definition) is 5. The Kier molecular flexibility index (Phi) is 4.96. The zero-order valence-electron chi connectivity index (χ0n) is 7.13. The topological polar surface area (TPSA) is 135 Å². The number of hydrazine groups is 1. The number of hydrazone groups is 1. The van der Waals surface area contributed by atoms with Gasteiger partial charge in [0.1, 0.15) is 0 Å². The first-order chi connectivity index (χ1) is 6.02. The molecule has 0 aliphatic rings. The summed E-state index contributed by atoms with van der Waals surface area (Å²) >= 11 is 0. The van der Waals surface area contributed by atoms with Crippen LogP contribution in [0.3, 0.4) is 0 Å². The van der Waals surface area contributed by atoms with E-state index in [4.69, 9.17) is 11.5 Å². The minimum atomic E-state index is -0.748. The van der Waals surface area contributed by atoms with E-state index >= 15 is 0 Å². The molecule has 74 valence electrons. The quantitative estimate of drug-likeness (QED) is 0.263. The zero-order chi connectivity index (χ0) is 10.3. The van der Waals surface area contributed by atoms with Crippen molar-refractivity contribution in [2.45, 2.75) is 6.92 Å². The number of nitrogens with two attached hydrogens (primary N) is 2. The molecular weight excluding hydrogens is 176 g/mol. The molecule has 0 radical (unpaired) electrons. The average Bonchev–Trinajstić information content (AvgIpc) is 2.00. The minimum absolute atomic E-state index is 0.253. The third-order valence-electron chi connectivity index (χ3n) is 0.913. The number of primary amides is 2. The molecule has 0 aromatic carbocycles. The molecule has 0 saturated heterocycles. The molecule has 0 spiro atoms. The van der Waals surface area contributed by atoms with Gasteiger partial charge in [-0.05, 0) is 6.92 Å². The van der Waals surface area contributed by atoms with Crippen LogP contribution in [-0.2, 0) is 0 Å². The maximum Gasteiger partial charge on any atom is 0.332 e. The van der Waals surface area contributed by atoms with E-state index in [1.165, 1.54) is 0 Å². The summed E-state index contributed by atoms with van der Waals surface area (Å²) in [5.41, 5.74) is 16.7. The molecule has 0 saturated carbocycles. The largest absolute Gasteiger partial charge is 0.351 e. The van der Waals surface area contributed by atoms with E-state index in [2.05, 4.69) is 16.0 Å². The predicted molar refractivity (Wildman–Crippen MR) is 46.5 cm³/mol. The van der Waals surface area contributed by atoms with E-state index in [9.17, 15) is 9.59 Å². The predicted octanol–water partition coefficient (Wildman–Crippen LogP) is -1.80. The molecule has 13 heavy (non-hydrogen) atoms. The summed E-state index contributed by atoms with van der Waals surface area (Å²) < 4.78 is 0. The lowest BCUT2D eigenvalue weighted by molar-refractivity contribution is 0.245. The van der Waals surface area contributed by atoms with Gasteiger partial charge in [0.2, 0.25) is 0 Å². The van der Waals surface area contributed by atoms with Crippen LogP contribution in [0.15, 0.2) is 5.10 Å². The van der Waals surface area contributed by atoms with E-state index in [1.54, 1.807) is 6.92 Å². The van der Waals surface area contributed by atoms with Gasteiger partial charge in [0.25, 0.3) is 0 Å². The number of nitrogens with zero attached hydrogens (tertiary/aromatic N) is 1. The molecular formula is C5H12N6O2. The van der Waals surface area contributed by atoms with Crippen molar-refractivity contribution in [1.82, 2.24) is 16.3 Å². The zero-order valence-corrected chi connectivity index (χ0v) is 7.13. The van der Waals surface area contributed by atoms with Crippen LogP contribution in [-0.4, -0.2) is 24.3 Å². The first kappa shape index (κ1) is 11.2. The molecule has 0 aromatic heterocycles. The summed E-state index contributed by atoms with van der Waals surface area (Å²) in [5.74, 6) is 0. The first-order valence-electron chi connectivity index (χ1n) is 3.39. The molecule has 0 aliphatic heterocycles. The molecule has 0 heterocycles. The molecule has 0 rings (SSSR count). The van der Waals surface area contributed by atoms with Crippen LogP contribution >= 0.6 is 0 Å². The lowest BCUT2D eigenvalue weighted by Crippen LogP contribution is -2.43. The van der Waals surface area contributed by atoms with Crippen molar-refractivity contribution < 1.29 is 9.59 Å². The molecule has 4 amide bonds. The fourth-order valence-electron chi connectivity index (χ4n) is 0.449. The third-order valence-corrected chi connectivity index (χ3v) is 0.913. The van der Waals surface area contributed by atoms with E-state index in [0.29, 0.717) is 5.71 Å². The highest BCUT2D eigenvalue weighted by molar-refractivity contribution is 5.85. The Balaban J connectivity index is 3.61. The van der Waals surface area contributed by atoms with Crippen molar-refractivity contribution in [2.75, 3.05) is 6.54 Å². The van der Waals surface area contributed by atoms with E-state index in [-0.39, 0.29) is 6.54 Å². The second-order valence-corrected chi connectivity index (χ2v) is 2.17. The summed E-state index contributed by atoms with van der Waals surface area (Å²) in [7, 11) is 0. The molecule has 0 bridgehead atoms. The van der Waals surface area contributed by atoms with Gasteiger partial charge in [0.05, 0.1) is 12.3 Å². The maximum atomic E-state index is 10.2. The molecule has 0 aromatic rings. The van der Waals surface area contributed by atoms with Gasteiger partial charge >= 0.3 is 12.1 Å². The van der Waals surface area contributed by atoms with Crippen LogP contribution in [0.5, 0.6) is 0 Å². The number of nitrogens with one attached hydrogen (secondary N) is 3. The van der Waals surface area contributed by atoms with Crippen molar-refractivity contribution in [1.29, 1.82) is 0 Å². The Morgan fingerprint density at radius 1 is 1.31 bits per heavy atom. The summed E-state index contributed by atoms with van der Waals surface area (Å²) in [5, 5.41) is 3.56. The molecule has 8 heteroatoms. The van der Waals surface area contributed by atoms with Gasteiger partial charge in [0.15, 0.2) is 0 Å². The first-order valence-corrected chi connectivity index (χ1v) is 3.39. The number of urea groups is 2. The normalized spacial score (nSPS) is 10.7. The third kappa shape index (κ3) is 8.07. The van der Waals surface area contributed by atoms with Crippen molar-refractivity contribution in [3.05, 3.63) is 0 Å². The number of carbonyl (C=O) groups is 2. The van der Waals surface area contributed by atoms with Gasteiger partial charge < -0.3 is 11.5 Å². The standard InChI is InChI=1S/C5H12N6O2/c1-3(9-11-5(7)13)2-8-10-4(6)12/h8H,2H2,1H3,(H3,6,10,12)(H3,7,11,13). The number of carbonyl (C=O) groups excluding carboxylic acids is 2. The monoisotopic (exact) mass is 188 g/mol. The van der Waals surface area contributed by atoms with E-state index < -0.39 is 12.1 Å². The van der Waals surface area contributed by atoms with Crippen molar-refractivity contribution in [2.24, 2.45) is 16.6 Å². The SMILES string of the molecule is CC(CNNC(N)=O)=NNC(N)=O. The Hall–Kier alpha value is -1.83. The van der Waals surface area contributed by atoms with Crippen LogP contribution in [0.2, 0.25) is 0 Å². The van der Waals surface area contributed by atoms with Crippen LogP contribution < -0.4 is 27.7 Å². The van der Waals surface area contributed by atoms with E-state index in [0.717, 1.165) is 0 Å². The van der Waals surface area contributed by atoms with E-state index in [1.807, 2.05) is 5.43 Å². The average molecular weight is 188 g/mol. The fraction of sp³-hybridized carbons (Fsp3) is 0.400. The minimum Gasteiger partial charge on any atom is -0.351 e. The highest BCUT2D eigenvalue weighted by Crippen LogP contribution is 1.70. The van der Waals surface area contributed by atoms with Crippen molar-refractivity contribution in [3.8, 4) is 0 Å². The van der Waals surface area contributed by atoms with Gasteiger partial charge in [-0.3, -0.25) is 5.43 Å². The number of amides is 4. The fourth-order valence-corrected chi connectivity index (χ4v) is 0.449. The van der Waals surface area contributed by atoms with Crippen LogP contribution in [0.1, 0.15) is 6.92 Å². The highest BCUT2D eigenvalue weighted by Gasteiger charge is 1.93. The van der Waals surface area contributed by atoms with Gasteiger partial charge in [-0.25, -0.2) is 20.4 Å². The second-order valence-electron chi connectivity index (χ2n) is 2.17. The molecule has 0 fully saturated rings. The molecule has 7 N–H and O–H groups in total. The number of rotatable bonds is 4. The molecule has 8 nitrogen and oxygen atoms in total. The van der Waals surface area contributed by atoms with Crippen molar-refractivity contribution in [3.63, 3.8) is 0 Å². The Morgan fingerprint density at radius 3 is 2.38 bits per heavy atom. The maximum absolute atomic E-state index is 10.2. The van der Waals surface area contributed by atoms with Crippen LogP contribution in [0.25, 0.3) is 0 Å². The number of hydrogen-bond acceptors (Lipinski definition) is 4. The van der Waals surface area contributed by atoms with Crippen molar-refractivity contribution >= 4 is 17.8 Å². The Labute approximate surface area is 74.7 Å². The summed E-state index contributed by atoms with van der Waals surface area (Å²) in [6.45, 7) is 1.88. The van der Waals surface area contributed by atoms with Gasteiger partial charge in [0, 0.05) is 0 Å². The summed E-state index contributed by atoms with van der Waals surface area (Å²) in [4.78, 5) is 20.3. The lowest BCUT2D eigenvalue weighted by atomic mass is 10.4. The Bertz CT molecular complexity index is 225. The molecule has 0 atom stereocenters. The van der Waals surface area contributed by atoms with Crippen LogP contribution in [0.4, 0.5) is 9.59 Å². The van der Waals surface area contributed by atoms with Gasteiger partial charge in [-0.1, -0.05) is 0 Å². The lowest BCUT2D eigenvalue weighted by Gasteiger charge is -2.03. The summed E-state index contributed by atoms with van der Waals surface area (Å²) in [6.07, 6.45) is 0. The highest BCUT2D eigenvalue weighted by atomic mass is 16.2. The van der Waals surface area contributed by atoms with Crippen LogP contribution in [0, 0.1) is 0 Å². The smallest absolute Gasteiger partial charge is 0.332 e. The van der Waals surface area contributed by atoms with Gasteiger partial charge in [-0.2, -0.15) is 5.10 Å². The summed E-state index contributed by atoms with van der Waals surface area (Å²) in [6, 6.07) is -1.45.